The summed E-state index contributed by atoms with van der Waals surface area (Å²) in [5, 5.41) is 6.77. The van der Waals surface area contributed by atoms with E-state index in [1.54, 1.807) is 0 Å². The van der Waals surface area contributed by atoms with Crippen molar-refractivity contribution in [3.05, 3.63) is 38.6 Å². The van der Waals surface area contributed by atoms with Crippen LogP contribution in [0.5, 0.6) is 0 Å². The van der Waals surface area contributed by atoms with E-state index in [0.717, 1.165) is 20.6 Å². The van der Waals surface area contributed by atoms with Crippen molar-refractivity contribution in [3.8, 4) is 23.0 Å². The van der Waals surface area contributed by atoms with Crippen LogP contribution in [0.25, 0.3) is 23.0 Å². The van der Waals surface area contributed by atoms with E-state index in [0.29, 0.717) is 17.4 Å². The Morgan fingerprint density at radius 1 is 1.33 bits per heavy atom. The largest absolute Gasteiger partial charge is 0.332 e. The number of aryl methyl sites for hydroxylation is 1. The van der Waals surface area contributed by atoms with Crippen LogP contribution >= 0.6 is 27.3 Å². The lowest BCUT2D eigenvalue weighted by atomic mass is 10.1. The summed E-state index contributed by atoms with van der Waals surface area (Å²) in [4.78, 5) is 8.84. The fourth-order valence-electron chi connectivity index (χ4n) is 1.91. The Kier molecular flexibility index (Phi) is 3.88. The molecule has 0 aliphatic carbocycles. The van der Waals surface area contributed by atoms with Gasteiger partial charge in [0.05, 0.1) is 6.04 Å². The van der Waals surface area contributed by atoms with Gasteiger partial charge < -0.3 is 10.3 Å². The molecule has 0 aliphatic rings. The van der Waals surface area contributed by atoms with E-state index in [1.165, 1.54) is 11.3 Å². The molecule has 0 bridgehead atoms. The molecule has 1 atom stereocenters. The number of nitrogens with zero attached hydrogens (tertiary/aromatic N) is 3. The van der Waals surface area contributed by atoms with Gasteiger partial charge in [0.25, 0.3) is 5.89 Å². The lowest BCUT2D eigenvalue weighted by molar-refractivity contribution is 0.431. The Morgan fingerprint density at radius 2 is 2.14 bits per heavy atom. The van der Waals surface area contributed by atoms with Gasteiger partial charge in [-0.3, -0.25) is 0 Å². The summed E-state index contributed by atoms with van der Waals surface area (Å²) < 4.78 is 6.34. The van der Waals surface area contributed by atoms with Crippen molar-refractivity contribution in [1.82, 2.24) is 15.1 Å². The van der Waals surface area contributed by atoms with Gasteiger partial charge in [-0.1, -0.05) is 21.1 Å². The molecule has 2 aromatic heterocycles. The Bertz CT molecular complexity index is 781. The third-order valence-electron chi connectivity index (χ3n) is 2.99. The standard InChI is InChI=1S/C14H13BrN4OS/c1-7-5-9(15)3-4-10(7)12-18-13(20-19-12)11-6-21-14(17-11)8(2)16/h3-6,8H,16H2,1-2H3. The third kappa shape index (κ3) is 2.90. The van der Waals surface area contributed by atoms with E-state index in [2.05, 4.69) is 31.1 Å². The maximum Gasteiger partial charge on any atom is 0.277 e. The molecule has 1 unspecified atom stereocenters. The molecule has 0 saturated carbocycles. The van der Waals surface area contributed by atoms with Gasteiger partial charge in [0.1, 0.15) is 10.7 Å². The van der Waals surface area contributed by atoms with Gasteiger partial charge in [-0.15, -0.1) is 11.3 Å². The number of benzene rings is 1. The molecule has 0 amide bonds. The van der Waals surface area contributed by atoms with Crippen LogP contribution in [-0.2, 0) is 0 Å². The Balaban J connectivity index is 1.95. The monoisotopic (exact) mass is 364 g/mol. The topological polar surface area (TPSA) is 77.8 Å². The average Bonchev–Trinajstić information content (AvgIpc) is 3.07. The molecule has 0 saturated heterocycles. The summed E-state index contributed by atoms with van der Waals surface area (Å²) >= 11 is 4.93. The summed E-state index contributed by atoms with van der Waals surface area (Å²) in [6.45, 7) is 3.90. The molecule has 2 N–H and O–H groups in total. The molecule has 0 aliphatic heterocycles. The van der Waals surface area contributed by atoms with Gasteiger partial charge in [-0.25, -0.2) is 4.98 Å². The fraction of sp³-hybridized carbons (Fsp3) is 0.214. The highest BCUT2D eigenvalue weighted by molar-refractivity contribution is 9.10. The second kappa shape index (κ2) is 5.67. The lowest BCUT2D eigenvalue weighted by Gasteiger charge is -2.00. The van der Waals surface area contributed by atoms with Gasteiger partial charge >= 0.3 is 0 Å². The first-order valence-corrected chi connectivity index (χ1v) is 8.03. The molecule has 3 rings (SSSR count). The van der Waals surface area contributed by atoms with Crippen LogP contribution in [0.1, 0.15) is 23.5 Å². The molecule has 0 fully saturated rings. The average molecular weight is 365 g/mol. The van der Waals surface area contributed by atoms with Crippen molar-refractivity contribution in [2.75, 3.05) is 0 Å². The zero-order valence-corrected chi connectivity index (χ0v) is 13.9. The lowest BCUT2D eigenvalue weighted by Crippen LogP contribution is -2.03. The van der Waals surface area contributed by atoms with Crippen LogP contribution in [0, 0.1) is 6.92 Å². The van der Waals surface area contributed by atoms with Crippen LogP contribution in [0.4, 0.5) is 0 Å². The van der Waals surface area contributed by atoms with Crippen molar-refractivity contribution in [2.24, 2.45) is 5.73 Å². The maximum atomic E-state index is 5.81. The van der Waals surface area contributed by atoms with Crippen LogP contribution < -0.4 is 5.73 Å². The summed E-state index contributed by atoms with van der Waals surface area (Å²) in [6.07, 6.45) is 0. The zero-order valence-electron chi connectivity index (χ0n) is 11.5. The van der Waals surface area contributed by atoms with E-state index in [-0.39, 0.29) is 6.04 Å². The molecular weight excluding hydrogens is 352 g/mol. The SMILES string of the molecule is Cc1cc(Br)ccc1-c1noc(-c2csc(C(C)N)n2)n1. The molecule has 108 valence electrons. The molecule has 7 heteroatoms. The minimum atomic E-state index is -0.0974. The molecule has 21 heavy (non-hydrogen) atoms. The van der Waals surface area contributed by atoms with Gasteiger partial charge in [0.2, 0.25) is 5.82 Å². The van der Waals surface area contributed by atoms with Gasteiger partial charge in [-0.05, 0) is 37.6 Å². The van der Waals surface area contributed by atoms with E-state index in [1.807, 2.05) is 37.4 Å². The summed E-state index contributed by atoms with van der Waals surface area (Å²) in [5.41, 5.74) is 8.50. The number of nitrogens with two attached hydrogens (primary N) is 1. The highest BCUT2D eigenvalue weighted by Gasteiger charge is 2.16. The molecule has 1 aromatic carbocycles. The van der Waals surface area contributed by atoms with Crippen LogP contribution in [0.2, 0.25) is 0 Å². The molecule has 5 nitrogen and oxygen atoms in total. The van der Waals surface area contributed by atoms with Crippen molar-refractivity contribution >= 4 is 27.3 Å². The molecule has 2 heterocycles. The number of aromatic nitrogens is 3. The Labute approximate surface area is 134 Å². The predicted molar refractivity (Wildman–Crippen MR) is 85.9 cm³/mol. The van der Waals surface area contributed by atoms with Crippen LogP contribution in [0.3, 0.4) is 0 Å². The Morgan fingerprint density at radius 3 is 2.81 bits per heavy atom. The second-order valence-electron chi connectivity index (χ2n) is 4.74. The van der Waals surface area contributed by atoms with Crippen molar-refractivity contribution in [2.45, 2.75) is 19.9 Å². The van der Waals surface area contributed by atoms with Crippen molar-refractivity contribution in [1.29, 1.82) is 0 Å². The second-order valence-corrected chi connectivity index (χ2v) is 6.55. The minimum absolute atomic E-state index is 0.0974. The number of hydrogen-bond acceptors (Lipinski definition) is 6. The summed E-state index contributed by atoms with van der Waals surface area (Å²) in [5.74, 6) is 0.973. The van der Waals surface area contributed by atoms with E-state index < -0.39 is 0 Å². The maximum absolute atomic E-state index is 5.81. The first-order chi connectivity index (χ1) is 10.0. The number of rotatable bonds is 3. The van der Waals surface area contributed by atoms with Crippen molar-refractivity contribution < 1.29 is 4.52 Å². The third-order valence-corrected chi connectivity index (χ3v) is 4.52. The van der Waals surface area contributed by atoms with E-state index in [4.69, 9.17) is 10.3 Å². The van der Waals surface area contributed by atoms with Gasteiger partial charge in [-0.2, -0.15) is 4.98 Å². The zero-order chi connectivity index (χ0) is 15.0. The number of thiazole rings is 1. The number of halogens is 1. The highest BCUT2D eigenvalue weighted by Crippen LogP contribution is 2.28. The molecular formula is C14H13BrN4OS. The first-order valence-electron chi connectivity index (χ1n) is 6.36. The fourth-order valence-corrected chi connectivity index (χ4v) is 3.14. The highest BCUT2D eigenvalue weighted by atomic mass is 79.9. The van der Waals surface area contributed by atoms with Gasteiger partial charge in [0.15, 0.2) is 0 Å². The van der Waals surface area contributed by atoms with E-state index in [9.17, 15) is 0 Å². The molecule has 0 radical (unpaired) electrons. The minimum Gasteiger partial charge on any atom is -0.332 e. The van der Waals surface area contributed by atoms with Gasteiger partial charge in [0, 0.05) is 15.4 Å². The molecule has 3 aromatic rings. The van der Waals surface area contributed by atoms with Crippen molar-refractivity contribution in [3.63, 3.8) is 0 Å². The predicted octanol–water partition coefficient (Wildman–Crippen LogP) is 3.95. The first kappa shape index (κ1) is 14.4. The quantitative estimate of drug-likeness (QED) is 0.760. The summed E-state index contributed by atoms with van der Waals surface area (Å²) in [6, 6.07) is 5.83. The smallest absolute Gasteiger partial charge is 0.277 e. The van der Waals surface area contributed by atoms with E-state index >= 15 is 0 Å². The molecule has 0 spiro atoms. The number of hydrogen-bond donors (Lipinski definition) is 1. The Hall–Kier alpha value is -1.57. The van der Waals surface area contributed by atoms with Crippen LogP contribution in [-0.4, -0.2) is 15.1 Å². The van der Waals surface area contributed by atoms with Crippen LogP contribution in [0.15, 0.2) is 32.6 Å². The summed E-state index contributed by atoms with van der Waals surface area (Å²) in [7, 11) is 0. The normalized spacial score (nSPS) is 12.6.